The highest BCUT2D eigenvalue weighted by atomic mass is 35.5. The molecule has 0 amide bonds. The maximum atomic E-state index is 6.21. The summed E-state index contributed by atoms with van der Waals surface area (Å²) in [7, 11) is 1.60. The van der Waals surface area contributed by atoms with Gasteiger partial charge >= 0.3 is 0 Å². The van der Waals surface area contributed by atoms with Crippen LogP contribution in [0, 0.1) is 0 Å². The van der Waals surface area contributed by atoms with Gasteiger partial charge in [-0.25, -0.2) is 0 Å². The normalized spacial score (nSPS) is 11.6. The average molecular weight is 319 g/mol. The summed E-state index contributed by atoms with van der Waals surface area (Å²) in [6.07, 6.45) is 1.80. The van der Waals surface area contributed by atoms with Gasteiger partial charge in [-0.15, -0.1) is 11.3 Å². The van der Waals surface area contributed by atoms with E-state index in [9.17, 15) is 0 Å². The molecule has 4 nitrogen and oxygen atoms in total. The first-order chi connectivity index (χ1) is 10.3. The minimum Gasteiger partial charge on any atom is -0.496 e. The van der Waals surface area contributed by atoms with Gasteiger partial charge in [0, 0.05) is 4.88 Å². The molecule has 3 rings (SSSR count). The summed E-state index contributed by atoms with van der Waals surface area (Å²) < 4.78 is 10.5. The van der Waals surface area contributed by atoms with E-state index in [0.29, 0.717) is 16.6 Å². The Morgan fingerprint density at radius 3 is 2.90 bits per heavy atom. The number of rotatable bonds is 4. The largest absolute Gasteiger partial charge is 0.496 e. The monoisotopic (exact) mass is 318 g/mol. The summed E-state index contributed by atoms with van der Waals surface area (Å²) in [4.78, 5) is 5.34. The molecule has 2 aromatic heterocycles. The van der Waals surface area contributed by atoms with Crippen molar-refractivity contribution < 1.29 is 9.26 Å². The standard InChI is InChI=1S/C15H11ClN2O2S/c1-19-13-7-3-2-6-11(13)14-17-15(20-18-14)12(16)9-10-5-4-8-21-10/h2-9H,1H3/b12-9-. The first-order valence-corrected chi connectivity index (χ1v) is 7.42. The van der Waals surface area contributed by atoms with Gasteiger partial charge in [0.15, 0.2) is 0 Å². The average Bonchev–Trinajstić information content (AvgIpc) is 3.18. The smallest absolute Gasteiger partial charge is 0.269 e. The van der Waals surface area contributed by atoms with Crippen molar-refractivity contribution in [3.8, 4) is 17.1 Å². The molecule has 0 unspecified atom stereocenters. The van der Waals surface area contributed by atoms with Crippen LogP contribution in [0.2, 0.25) is 0 Å². The lowest BCUT2D eigenvalue weighted by molar-refractivity contribution is 0.406. The number of thiophene rings is 1. The molecule has 6 heteroatoms. The second-order valence-corrected chi connectivity index (χ2v) is 5.52. The number of hydrogen-bond acceptors (Lipinski definition) is 5. The van der Waals surface area contributed by atoms with Gasteiger partial charge in [0.05, 0.1) is 12.7 Å². The molecule has 0 bridgehead atoms. The molecule has 0 fully saturated rings. The summed E-state index contributed by atoms with van der Waals surface area (Å²) >= 11 is 7.80. The Balaban J connectivity index is 1.93. The highest BCUT2D eigenvalue weighted by molar-refractivity contribution is 7.11. The lowest BCUT2D eigenvalue weighted by Gasteiger charge is -2.02. The number of hydrogen-bond donors (Lipinski definition) is 0. The molecular weight excluding hydrogens is 308 g/mol. The number of halogens is 1. The van der Waals surface area contributed by atoms with Crippen LogP contribution >= 0.6 is 22.9 Å². The number of aromatic nitrogens is 2. The quantitative estimate of drug-likeness (QED) is 0.708. The van der Waals surface area contributed by atoms with E-state index >= 15 is 0 Å². The second kappa shape index (κ2) is 6.11. The van der Waals surface area contributed by atoms with Crippen LogP contribution < -0.4 is 4.74 Å². The zero-order valence-electron chi connectivity index (χ0n) is 11.1. The van der Waals surface area contributed by atoms with Crippen molar-refractivity contribution in [3.63, 3.8) is 0 Å². The number of nitrogens with zero attached hydrogens (tertiary/aromatic N) is 2. The molecule has 3 aromatic rings. The van der Waals surface area contributed by atoms with Gasteiger partial charge in [-0.3, -0.25) is 0 Å². The highest BCUT2D eigenvalue weighted by Gasteiger charge is 2.14. The van der Waals surface area contributed by atoms with Crippen LogP contribution in [0.1, 0.15) is 10.8 Å². The van der Waals surface area contributed by atoms with Gasteiger partial charge in [-0.05, 0) is 29.7 Å². The fourth-order valence-electron chi connectivity index (χ4n) is 1.82. The van der Waals surface area contributed by atoms with Gasteiger partial charge in [0.1, 0.15) is 10.8 Å². The lowest BCUT2D eigenvalue weighted by Crippen LogP contribution is -1.88. The molecule has 21 heavy (non-hydrogen) atoms. The molecule has 2 heterocycles. The van der Waals surface area contributed by atoms with Crippen molar-refractivity contribution in [3.05, 3.63) is 52.5 Å². The number of benzene rings is 1. The Bertz CT molecular complexity index is 766. The molecule has 0 aliphatic carbocycles. The van der Waals surface area contributed by atoms with Crippen molar-refractivity contribution in [2.24, 2.45) is 0 Å². The van der Waals surface area contributed by atoms with E-state index in [1.165, 1.54) is 0 Å². The Labute approximate surface area is 130 Å². The summed E-state index contributed by atoms with van der Waals surface area (Å²) in [6, 6.07) is 11.4. The summed E-state index contributed by atoms with van der Waals surface area (Å²) in [5.41, 5.74) is 0.760. The molecule has 1 aromatic carbocycles. The third-order valence-corrected chi connectivity index (χ3v) is 3.88. The van der Waals surface area contributed by atoms with Gasteiger partial charge in [-0.1, -0.05) is 35.0 Å². The summed E-state index contributed by atoms with van der Waals surface area (Å²) in [6.45, 7) is 0. The second-order valence-electron chi connectivity index (χ2n) is 4.13. The third-order valence-electron chi connectivity index (χ3n) is 2.79. The molecule has 0 N–H and O–H groups in total. The van der Waals surface area contributed by atoms with Crippen LogP contribution in [-0.2, 0) is 0 Å². The van der Waals surface area contributed by atoms with Gasteiger partial charge in [0.2, 0.25) is 5.82 Å². The molecule has 0 saturated carbocycles. The fourth-order valence-corrected chi connectivity index (χ4v) is 2.74. The minimum atomic E-state index is 0.283. The Hall–Kier alpha value is -2.11. The van der Waals surface area contributed by atoms with Crippen molar-refractivity contribution in [1.82, 2.24) is 10.1 Å². The first kappa shape index (κ1) is 13.9. The molecule has 0 aliphatic rings. The molecule has 0 atom stereocenters. The van der Waals surface area contributed by atoms with E-state index in [-0.39, 0.29) is 5.89 Å². The summed E-state index contributed by atoms with van der Waals surface area (Å²) in [5, 5.41) is 6.34. The van der Waals surface area contributed by atoms with Crippen molar-refractivity contribution in [2.45, 2.75) is 0 Å². The topological polar surface area (TPSA) is 48.2 Å². The van der Waals surface area contributed by atoms with E-state index in [1.807, 2.05) is 41.8 Å². The van der Waals surface area contributed by atoms with Gasteiger partial charge < -0.3 is 9.26 Å². The molecule has 0 aliphatic heterocycles. The summed E-state index contributed by atoms with van der Waals surface area (Å²) in [5.74, 6) is 1.41. The van der Waals surface area contributed by atoms with Crippen LogP contribution in [0.15, 0.2) is 46.3 Å². The van der Waals surface area contributed by atoms with Crippen LogP contribution in [0.5, 0.6) is 5.75 Å². The predicted molar refractivity (Wildman–Crippen MR) is 84.3 cm³/mol. The van der Waals surface area contributed by atoms with Crippen LogP contribution in [-0.4, -0.2) is 17.3 Å². The molecule has 0 saturated heterocycles. The number of ether oxygens (including phenoxy) is 1. The minimum absolute atomic E-state index is 0.283. The Morgan fingerprint density at radius 2 is 2.14 bits per heavy atom. The van der Waals surface area contributed by atoms with Crippen LogP contribution in [0.25, 0.3) is 22.5 Å². The van der Waals surface area contributed by atoms with E-state index in [4.69, 9.17) is 20.9 Å². The van der Waals surface area contributed by atoms with E-state index < -0.39 is 0 Å². The zero-order valence-corrected chi connectivity index (χ0v) is 12.7. The Kier molecular flexibility index (Phi) is 4.03. The molecule has 0 spiro atoms. The third kappa shape index (κ3) is 2.99. The molecule has 0 radical (unpaired) electrons. The molecule has 106 valence electrons. The predicted octanol–water partition coefficient (Wildman–Crippen LogP) is 4.54. The molecular formula is C15H11ClN2O2S. The SMILES string of the molecule is COc1ccccc1-c1noc(/C(Cl)=C/c2cccs2)n1. The maximum absolute atomic E-state index is 6.21. The zero-order chi connectivity index (χ0) is 14.7. The van der Waals surface area contributed by atoms with Crippen LogP contribution in [0.3, 0.4) is 0 Å². The lowest BCUT2D eigenvalue weighted by atomic mass is 10.2. The number of methoxy groups -OCH3 is 1. The van der Waals surface area contributed by atoms with Crippen molar-refractivity contribution in [1.29, 1.82) is 0 Å². The van der Waals surface area contributed by atoms with Gasteiger partial charge in [0.25, 0.3) is 5.89 Å². The van der Waals surface area contributed by atoms with Crippen molar-refractivity contribution in [2.75, 3.05) is 7.11 Å². The number of para-hydroxylation sites is 1. The van der Waals surface area contributed by atoms with Crippen molar-refractivity contribution >= 4 is 34.0 Å². The van der Waals surface area contributed by atoms with Crippen LogP contribution in [0.4, 0.5) is 0 Å². The Morgan fingerprint density at radius 1 is 1.29 bits per heavy atom. The highest BCUT2D eigenvalue weighted by Crippen LogP contribution is 2.29. The van der Waals surface area contributed by atoms with E-state index in [1.54, 1.807) is 24.5 Å². The first-order valence-electron chi connectivity index (χ1n) is 6.16. The maximum Gasteiger partial charge on any atom is 0.269 e. The fraction of sp³-hybridized carbons (Fsp3) is 0.0667. The van der Waals surface area contributed by atoms with E-state index in [2.05, 4.69) is 10.1 Å². The van der Waals surface area contributed by atoms with Gasteiger partial charge in [-0.2, -0.15) is 4.98 Å². The van der Waals surface area contributed by atoms with E-state index in [0.717, 1.165) is 10.4 Å².